The lowest BCUT2D eigenvalue weighted by Crippen LogP contribution is -2.34. The van der Waals surface area contributed by atoms with Crippen LogP contribution in [0.2, 0.25) is 0 Å². The predicted molar refractivity (Wildman–Crippen MR) is 71.3 cm³/mol. The monoisotopic (exact) mass is 281 g/mol. The standard InChI is InChI=1S/C14H13F2NOS/c1-9(7-11-3-2-6-19-11)17-14(18)12-5-4-10(15)8-13(12)16/h2-6,8-9H,7H2,1H3,(H,17,18). The summed E-state index contributed by atoms with van der Waals surface area (Å²) in [4.78, 5) is 13.0. The van der Waals surface area contributed by atoms with Gasteiger partial charge >= 0.3 is 0 Å². The third kappa shape index (κ3) is 3.61. The van der Waals surface area contributed by atoms with E-state index in [4.69, 9.17) is 0 Å². The summed E-state index contributed by atoms with van der Waals surface area (Å²) in [6.45, 7) is 1.85. The summed E-state index contributed by atoms with van der Waals surface area (Å²) in [5.74, 6) is -2.07. The van der Waals surface area contributed by atoms with E-state index >= 15 is 0 Å². The van der Waals surface area contributed by atoms with E-state index in [2.05, 4.69) is 5.32 Å². The van der Waals surface area contributed by atoms with E-state index in [1.54, 1.807) is 11.3 Å². The second-order valence-corrected chi connectivity index (χ2v) is 5.31. The van der Waals surface area contributed by atoms with Crippen molar-refractivity contribution in [1.29, 1.82) is 0 Å². The average Bonchev–Trinajstić information content (AvgIpc) is 2.81. The summed E-state index contributed by atoms with van der Waals surface area (Å²) < 4.78 is 26.2. The lowest BCUT2D eigenvalue weighted by atomic mass is 10.1. The maximum absolute atomic E-state index is 13.4. The fourth-order valence-corrected chi connectivity index (χ4v) is 2.59. The number of halogens is 2. The van der Waals surface area contributed by atoms with Crippen molar-refractivity contribution in [2.75, 3.05) is 0 Å². The van der Waals surface area contributed by atoms with Crippen molar-refractivity contribution in [3.8, 4) is 0 Å². The highest BCUT2D eigenvalue weighted by molar-refractivity contribution is 7.09. The average molecular weight is 281 g/mol. The molecule has 100 valence electrons. The molecule has 0 bridgehead atoms. The highest BCUT2D eigenvalue weighted by atomic mass is 32.1. The van der Waals surface area contributed by atoms with E-state index in [9.17, 15) is 13.6 Å². The zero-order valence-corrected chi connectivity index (χ0v) is 11.1. The van der Waals surface area contributed by atoms with Gasteiger partial charge in [-0.25, -0.2) is 8.78 Å². The van der Waals surface area contributed by atoms with Gasteiger partial charge in [0.05, 0.1) is 5.56 Å². The number of hydrogen-bond donors (Lipinski definition) is 1. The van der Waals surface area contributed by atoms with E-state index in [1.807, 2.05) is 24.4 Å². The van der Waals surface area contributed by atoms with Crippen LogP contribution >= 0.6 is 11.3 Å². The third-order valence-corrected chi connectivity index (χ3v) is 3.54. The normalized spacial score (nSPS) is 12.2. The third-order valence-electron chi connectivity index (χ3n) is 2.64. The Morgan fingerprint density at radius 2 is 2.16 bits per heavy atom. The molecular weight excluding hydrogens is 268 g/mol. The Morgan fingerprint density at radius 1 is 1.37 bits per heavy atom. The Balaban J connectivity index is 2.00. The number of rotatable bonds is 4. The quantitative estimate of drug-likeness (QED) is 0.914. The molecule has 0 aliphatic heterocycles. The summed E-state index contributed by atoms with van der Waals surface area (Å²) in [7, 11) is 0. The number of carbonyl (C=O) groups is 1. The summed E-state index contributed by atoms with van der Waals surface area (Å²) in [6.07, 6.45) is 0.687. The van der Waals surface area contributed by atoms with Gasteiger partial charge in [0.1, 0.15) is 11.6 Å². The van der Waals surface area contributed by atoms with E-state index in [-0.39, 0.29) is 11.6 Å². The van der Waals surface area contributed by atoms with Gasteiger partial charge in [-0.05, 0) is 30.5 Å². The fraction of sp³-hybridized carbons (Fsp3) is 0.214. The van der Waals surface area contributed by atoms with Crippen LogP contribution in [0.25, 0.3) is 0 Å². The highest BCUT2D eigenvalue weighted by Crippen LogP contribution is 2.13. The SMILES string of the molecule is CC(Cc1cccs1)NC(=O)c1ccc(F)cc1F. The first-order valence-corrected chi connectivity index (χ1v) is 6.72. The van der Waals surface area contributed by atoms with Crippen LogP contribution in [0, 0.1) is 11.6 Å². The smallest absolute Gasteiger partial charge is 0.254 e. The number of carbonyl (C=O) groups excluding carboxylic acids is 1. The van der Waals surface area contributed by atoms with Gasteiger partial charge in [-0.15, -0.1) is 11.3 Å². The molecule has 1 N–H and O–H groups in total. The summed E-state index contributed by atoms with van der Waals surface area (Å²) in [6, 6.07) is 6.73. The molecule has 0 spiro atoms. The maximum Gasteiger partial charge on any atom is 0.254 e. The van der Waals surface area contributed by atoms with Crippen molar-refractivity contribution >= 4 is 17.2 Å². The highest BCUT2D eigenvalue weighted by Gasteiger charge is 2.15. The van der Waals surface area contributed by atoms with E-state index in [0.717, 1.165) is 17.0 Å². The zero-order chi connectivity index (χ0) is 13.8. The van der Waals surface area contributed by atoms with Gasteiger partial charge < -0.3 is 5.32 Å². The number of amides is 1. The molecule has 2 rings (SSSR count). The van der Waals surface area contributed by atoms with E-state index in [1.165, 1.54) is 0 Å². The van der Waals surface area contributed by atoms with Gasteiger partial charge in [0.15, 0.2) is 0 Å². The topological polar surface area (TPSA) is 29.1 Å². The molecule has 2 nitrogen and oxygen atoms in total. The van der Waals surface area contributed by atoms with Crippen molar-refractivity contribution in [2.45, 2.75) is 19.4 Å². The summed E-state index contributed by atoms with van der Waals surface area (Å²) >= 11 is 1.60. The molecule has 0 radical (unpaired) electrons. The molecule has 1 unspecified atom stereocenters. The molecule has 0 saturated carbocycles. The molecule has 1 heterocycles. The van der Waals surface area contributed by atoms with Crippen LogP contribution in [0.5, 0.6) is 0 Å². The van der Waals surface area contributed by atoms with Crippen molar-refractivity contribution in [3.05, 3.63) is 57.8 Å². The Morgan fingerprint density at radius 3 is 2.79 bits per heavy atom. The fourth-order valence-electron chi connectivity index (χ4n) is 1.76. The van der Waals surface area contributed by atoms with Crippen molar-refractivity contribution in [1.82, 2.24) is 5.32 Å². The molecule has 0 saturated heterocycles. The number of benzene rings is 1. The van der Waals surface area contributed by atoms with Gasteiger partial charge in [0.2, 0.25) is 0 Å². The Hall–Kier alpha value is -1.75. The molecule has 1 aromatic carbocycles. The number of hydrogen-bond acceptors (Lipinski definition) is 2. The zero-order valence-electron chi connectivity index (χ0n) is 10.3. The van der Waals surface area contributed by atoms with E-state index < -0.39 is 17.5 Å². The van der Waals surface area contributed by atoms with Crippen LogP contribution in [-0.2, 0) is 6.42 Å². The maximum atomic E-state index is 13.4. The molecule has 0 aliphatic carbocycles. The molecule has 19 heavy (non-hydrogen) atoms. The van der Waals surface area contributed by atoms with Crippen LogP contribution in [0.4, 0.5) is 8.78 Å². The minimum atomic E-state index is -0.846. The molecule has 1 aromatic heterocycles. The molecule has 0 aliphatic rings. The summed E-state index contributed by atoms with van der Waals surface area (Å²) in [5.41, 5.74) is -0.139. The predicted octanol–water partition coefficient (Wildman–Crippen LogP) is 3.39. The largest absolute Gasteiger partial charge is 0.349 e. The Kier molecular flexibility index (Phi) is 4.27. The minimum absolute atomic E-state index is 0.115. The van der Waals surface area contributed by atoms with Gasteiger partial charge in [-0.2, -0.15) is 0 Å². The molecule has 1 amide bonds. The molecule has 1 atom stereocenters. The van der Waals surface area contributed by atoms with Gasteiger partial charge in [-0.1, -0.05) is 6.07 Å². The lowest BCUT2D eigenvalue weighted by Gasteiger charge is -2.13. The van der Waals surface area contributed by atoms with Crippen molar-refractivity contribution < 1.29 is 13.6 Å². The molecule has 2 aromatic rings. The van der Waals surface area contributed by atoms with Crippen molar-refractivity contribution in [3.63, 3.8) is 0 Å². The van der Waals surface area contributed by atoms with Gasteiger partial charge in [0.25, 0.3) is 5.91 Å². The van der Waals surface area contributed by atoms with Crippen LogP contribution in [-0.4, -0.2) is 11.9 Å². The van der Waals surface area contributed by atoms with Crippen LogP contribution < -0.4 is 5.32 Å². The second kappa shape index (κ2) is 5.93. The number of thiophene rings is 1. The molecular formula is C14H13F2NOS. The first-order valence-electron chi connectivity index (χ1n) is 5.84. The minimum Gasteiger partial charge on any atom is -0.349 e. The molecule has 5 heteroatoms. The van der Waals surface area contributed by atoms with Crippen LogP contribution in [0.15, 0.2) is 35.7 Å². The van der Waals surface area contributed by atoms with E-state index in [0.29, 0.717) is 12.5 Å². The van der Waals surface area contributed by atoms with Gasteiger partial charge in [0, 0.05) is 23.4 Å². The first-order chi connectivity index (χ1) is 9.06. The second-order valence-electron chi connectivity index (χ2n) is 4.28. The van der Waals surface area contributed by atoms with Crippen LogP contribution in [0.1, 0.15) is 22.2 Å². The Labute approximate surface area is 114 Å². The first kappa shape index (κ1) is 13.7. The van der Waals surface area contributed by atoms with Gasteiger partial charge in [-0.3, -0.25) is 4.79 Å². The molecule has 0 fully saturated rings. The van der Waals surface area contributed by atoms with Crippen molar-refractivity contribution in [2.24, 2.45) is 0 Å². The Bertz CT molecular complexity index is 569. The number of nitrogens with one attached hydrogen (secondary N) is 1. The van der Waals surface area contributed by atoms with Crippen LogP contribution in [0.3, 0.4) is 0 Å². The summed E-state index contributed by atoms with van der Waals surface area (Å²) in [5, 5.41) is 4.66. The lowest BCUT2D eigenvalue weighted by molar-refractivity contribution is 0.0936.